The van der Waals surface area contributed by atoms with Crippen molar-refractivity contribution in [2.75, 3.05) is 19.0 Å². The van der Waals surface area contributed by atoms with Gasteiger partial charge >= 0.3 is 0 Å². The van der Waals surface area contributed by atoms with Gasteiger partial charge in [0.25, 0.3) is 0 Å². The van der Waals surface area contributed by atoms with Crippen LogP contribution >= 0.6 is 0 Å². The van der Waals surface area contributed by atoms with Gasteiger partial charge < -0.3 is 10.1 Å². The Bertz CT molecular complexity index is 671. The number of hydrogen-bond acceptors (Lipinski definition) is 3. The summed E-state index contributed by atoms with van der Waals surface area (Å²) in [5.74, 6) is 0.789. The Balaban J connectivity index is 2.13. The van der Waals surface area contributed by atoms with E-state index in [0.29, 0.717) is 5.56 Å². The normalized spacial score (nSPS) is 12.4. The molecule has 1 aliphatic rings. The molecule has 1 aliphatic heterocycles. The molecule has 0 atom stereocenters. The van der Waals surface area contributed by atoms with E-state index in [1.165, 1.54) is 11.3 Å². The molecule has 3 nitrogen and oxygen atoms in total. The average molecular weight is 250 g/mol. The molecule has 1 N–H and O–H groups in total. The first-order valence-corrected chi connectivity index (χ1v) is 6.27. The Hall–Kier alpha value is -2.47. The maximum atomic E-state index is 9.02. The number of hydrogen-bond donors (Lipinski definition) is 1. The molecule has 19 heavy (non-hydrogen) atoms. The monoisotopic (exact) mass is 250 g/mol. The van der Waals surface area contributed by atoms with E-state index in [0.717, 1.165) is 29.8 Å². The fraction of sp³-hybridized carbons (Fsp3) is 0.188. The first-order chi connectivity index (χ1) is 9.31. The van der Waals surface area contributed by atoms with Crippen molar-refractivity contribution >= 4 is 5.69 Å². The average Bonchev–Trinajstić information content (AvgIpc) is 2.93. The highest BCUT2D eigenvalue weighted by atomic mass is 16.5. The largest absolute Gasteiger partial charge is 0.496 e. The minimum Gasteiger partial charge on any atom is -0.496 e. The topological polar surface area (TPSA) is 45.0 Å². The summed E-state index contributed by atoms with van der Waals surface area (Å²) in [6.07, 6.45) is 1.07. The molecule has 3 heteroatoms. The maximum absolute atomic E-state index is 9.02. The highest BCUT2D eigenvalue weighted by molar-refractivity contribution is 5.76. The number of methoxy groups -OCH3 is 1. The fourth-order valence-corrected chi connectivity index (χ4v) is 2.46. The smallest absolute Gasteiger partial charge is 0.126 e. The van der Waals surface area contributed by atoms with Gasteiger partial charge in [0.15, 0.2) is 0 Å². The van der Waals surface area contributed by atoms with Crippen LogP contribution in [-0.2, 0) is 6.42 Å². The number of ether oxygens (including phenoxy) is 1. The lowest BCUT2D eigenvalue weighted by molar-refractivity contribution is 0.416. The van der Waals surface area contributed by atoms with Crippen LogP contribution in [0.2, 0.25) is 0 Å². The zero-order chi connectivity index (χ0) is 13.2. The summed E-state index contributed by atoms with van der Waals surface area (Å²) in [5.41, 5.74) is 5.20. The van der Waals surface area contributed by atoms with Gasteiger partial charge in [0, 0.05) is 17.8 Å². The fourth-order valence-electron chi connectivity index (χ4n) is 2.46. The van der Waals surface area contributed by atoms with E-state index in [4.69, 9.17) is 10.00 Å². The molecule has 94 valence electrons. The zero-order valence-electron chi connectivity index (χ0n) is 10.7. The predicted molar refractivity (Wildman–Crippen MR) is 75.3 cm³/mol. The van der Waals surface area contributed by atoms with Crippen LogP contribution in [-0.4, -0.2) is 13.7 Å². The number of nitrogens with zero attached hydrogens (tertiary/aromatic N) is 1. The first kappa shape index (κ1) is 11.6. The van der Waals surface area contributed by atoms with E-state index < -0.39 is 0 Å². The lowest BCUT2D eigenvalue weighted by Crippen LogP contribution is -1.92. The Morgan fingerprint density at radius 3 is 2.89 bits per heavy atom. The van der Waals surface area contributed by atoms with E-state index in [1.54, 1.807) is 13.2 Å². The van der Waals surface area contributed by atoms with Gasteiger partial charge in [-0.2, -0.15) is 5.26 Å². The minimum atomic E-state index is 0.643. The Kier molecular flexibility index (Phi) is 2.85. The molecule has 0 aliphatic carbocycles. The summed E-state index contributed by atoms with van der Waals surface area (Å²) in [6.45, 7) is 0.994. The Morgan fingerprint density at radius 2 is 2.11 bits per heavy atom. The number of benzene rings is 2. The highest BCUT2D eigenvalue weighted by Crippen LogP contribution is 2.34. The molecule has 0 unspecified atom stereocenters. The first-order valence-electron chi connectivity index (χ1n) is 6.27. The molecule has 2 aromatic rings. The molecule has 0 aromatic heterocycles. The molecule has 3 rings (SSSR count). The van der Waals surface area contributed by atoms with Gasteiger partial charge in [-0.05, 0) is 41.8 Å². The van der Waals surface area contributed by atoms with Crippen molar-refractivity contribution in [3.05, 3.63) is 47.5 Å². The third-order valence-corrected chi connectivity index (χ3v) is 3.46. The number of anilines is 1. The standard InChI is InChI=1S/C16H14N2O/c1-19-16-5-2-11(10-17)8-14(16)13-4-3-12-6-7-18-15(12)9-13/h2-5,8-9,18H,6-7H2,1H3. The van der Waals surface area contributed by atoms with E-state index in [9.17, 15) is 0 Å². The molecule has 0 amide bonds. The molecule has 0 saturated carbocycles. The van der Waals surface area contributed by atoms with Crippen molar-refractivity contribution in [2.24, 2.45) is 0 Å². The summed E-state index contributed by atoms with van der Waals surface area (Å²) in [5, 5.41) is 12.4. The van der Waals surface area contributed by atoms with Crippen molar-refractivity contribution < 1.29 is 4.74 Å². The van der Waals surface area contributed by atoms with Gasteiger partial charge in [-0.1, -0.05) is 12.1 Å². The summed E-state index contributed by atoms with van der Waals surface area (Å²) in [6, 6.07) is 14.0. The predicted octanol–water partition coefficient (Wildman–Crippen LogP) is 3.20. The van der Waals surface area contributed by atoms with Crippen molar-refractivity contribution in [1.82, 2.24) is 0 Å². The van der Waals surface area contributed by atoms with Crippen LogP contribution in [0.5, 0.6) is 5.75 Å². The van der Waals surface area contributed by atoms with Crippen LogP contribution < -0.4 is 10.1 Å². The molecule has 1 heterocycles. The van der Waals surface area contributed by atoms with Crippen molar-refractivity contribution in [3.8, 4) is 22.9 Å². The second-order valence-electron chi connectivity index (χ2n) is 4.58. The van der Waals surface area contributed by atoms with Gasteiger partial charge in [-0.3, -0.25) is 0 Å². The van der Waals surface area contributed by atoms with E-state index in [2.05, 4.69) is 29.6 Å². The lowest BCUT2D eigenvalue weighted by Gasteiger charge is -2.10. The summed E-state index contributed by atoms with van der Waals surface area (Å²) >= 11 is 0. The molecular formula is C16H14N2O. The second-order valence-corrected chi connectivity index (χ2v) is 4.58. The number of rotatable bonds is 2. The summed E-state index contributed by atoms with van der Waals surface area (Å²) in [7, 11) is 1.65. The zero-order valence-corrected chi connectivity index (χ0v) is 10.7. The second kappa shape index (κ2) is 4.66. The quantitative estimate of drug-likeness (QED) is 0.890. The van der Waals surface area contributed by atoms with E-state index >= 15 is 0 Å². The Morgan fingerprint density at radius 1 is 1.21 bits per heavy atom. The van der Waals surface area contributed by atoms with Crippen LogP contribution in [0.4, 0.5) is 5.69 Å². The van der Waals surface area contributed by atoms with Crippen LogP contribution in [0.3, 0.4) is 0 Å². The molecule has 0 radical (unpaired) electrons. The van der Waals surface area contributed by atoms with Gasteiger partial charge in [-0.15, -0.1) is 0 Å². The maximum Gasteiger partial charge on any atom is 0.126 e. The Labute approximate surface area is 112 Å². The number of fused-ring (bicyclic) bond motifs is 1. The third-order valence-electron chi connectivity index (χ3n) is 3.46. The summed E-state index contributed by atoms with van der Waals surface area (Å²) in [4.78, 5) is 0. The highest BCUT2D eigenvalue weighted by Gasteiger charge is 2.13. The molecule has 0 bridgehead atoms. The number of nitrogens with one attached hydrogen (secondary N) is 1. The van der Waals surface area contributed by atoms with Gasteiger partial charge in [-0.25, -0.2) is 0 Å². The van der Waals surface area contributed by atoms with Gasteiger partial charge in [0.1, 0.15) is 5.75 Å². The summed E-state index contributed by atoms with van der Waals surface area (Å²) < 4.78 is 5.39. The van der Waals surface area contributed by atoms with Crippen molar-refractivity contribution in [2.45, 2.75) is 6.42 Å². The van der Waals surface area contributed by atoms with E-state index in [-0.39, 0.29) is 0 Å². The lowest BCUT2D eigenvalue weighted by atomic mass is 10.00. The van der Waals surface area contributed by atoms with Gasteiger partial charge in [0.2, 0.25) is 0 Å². The SMILES string of the molecule is COc1ccc(C#N)cc1-c1ccc2c(c1)NCC2. The van der Waals surface area contributed by atoms with Gasteiger partial charge in [0.05, 0.1) is 18.7 Å². The molecular weight excluding hydrogens is 236 g/mol. The van der Waals surface area contributed by atoms with E-state index in [1.807, 2.05) is 12.1 Å². The molecule has 0 fully saturated rings. The van der Waals surface area contributed by atoms with Crippen LogP contribution in [0.15, 0.2) is 36.4 Å². The van der Waals surface area contributed by atoms with Crippen LogP contribution in [0.1, 0.15) is 11.1 Å². The van der Waals surface area contributed by atoms with Crippen LogP contribution in [0, 0.1) is 11.3 Å². The van der Waals surface area contributed by atoms with Crippen LogP contribution in [0.25, 0.3) is 11.1 Å². The molecule has 2 aromatic carbocycles. The van der Waals surface area contributed by atoms with Crippen molar-refractivity contribution in [3.63, 3.8) is 0 Å². The third kappa shape index (κ3) is 2.02. The molecule has 0 saturated heterocycles. The minimum absolute atomic E-state index is 0.643. The molecule has 0 spiro atoms. The number of nitriles is 1. The van der Waals surface area contributed by atoms with Crippen molar-refractivity contribution in [1.29, 1.82) is 5.26 Å².